The number of amides is 1. The van der Waals surface area contributed by atoms with Crippen molar-refractivity contribution in [2.75, 3.05) is 19.3 Å². The second kappa shape index (κ2) is 6.23. The topological polar surface area (TPSA) is 75.0 Å². The number of nitrogen functional groups attached to an aromatic ring is 1. The summed E-state index contributed by atoms with van der Waals surface area (Å²) in [6.07, 6.45) is 3.64. The van der Waals surface area contributed by atoms with E-state index >= 15 is 0 Å². The second-order valence-electron chi connectivity index (χ2n) is 4.71. The molecular formula is C13H22N4O. The minimum Gasteiger partial charge on any atom is -0.395 e. The lowest BCUT2D eigenvalue weighted by Gasteiger charge is -2.15. The first-order valence-corrected chi connectivity index (χ1v) is 6.19. The van der Waals surface area contributed by atoms with Gasteiger partial charge in [-0.1, -0.05) is 19.9 Å². The largest absolute Gasteiger partial charge is 0.395 e. The molecule has 5 nitrogen and oxygen atoms in total. The second-order valence-corrected chi connectivity index (χ2v) is 4.71. The van der Waals surface area contributed by atoms with Gasteiger partial charge < -0.3 is 10.6 Å². The molecule has 0 fully saturated rings. The molecule has 18 heavy (non-hydrogen) atoms. The number of carbonyl (C=O) groups excluding carboxylic acids is 1. The van der Waals surface area contributed by atoms with Crippen molar-refractivity contribution in [1.29, 1.82) is 0 Å². The smallest absolute Gasteiger partial charge is 0.276 e. The summed E-state index contributed by atoms with van der Waals surface area (Å²) < 4.78 is 0. The lowest BCUT2D eigenvalue weighted by molar-refractivity contribution is 0.0789. The highest BCUT2D eigenvalue weighted by Crippen LogP contribution is 2.22. The van der Waals surface area contributed by atoms with E-state index in [0.717, 1.165) is 18.5 Å². The molecule has 0 radical (unpaired) electrons. The summed E-state index contributed by atoms with van der Waals surface area (Å²) >= 11 is 0. The van der Waals surface area contributed by atoms with E-state index in [2.05, 4.69) is 16.8 Å². The quantitative estimate of drug-likeness (QED) is 0.600. The van der Waals surface area contributed by atoms with E-state index in [1.54, 1.807) is 11.9 Å². The van der Waals surface area contributed by atoms with Gasteiger partial charge in [0.05, 0.1) is 11.4 Å². The lowest BCUT2D eigenvalue weighted by Crippen LogP contribution is -2.28. The Kier molecular flexibility index (Phi) is 4.95. The standard InChI is InChI=1S/C13H22N4O/c1-5-6-7-8-17(4)13(18)12-10(14)11(9(2)3)15-16-12/h5,9H,1,6-8,14H2,2-4H3,(H,15,16). The first-order valence-electron chi connectivity index (χ1n) is 6.19. The number of aromatic nitrogens is 2. The van der Waals surface area contributed by atoms with Crippen molar-refractivity contribution < 1.29 is 4.79 Å². The Bertz CT molecular complexity index is 423. The van der Waals surface area contributed by atoms with Crippen molar-refractivity contribution in [2.24, 2.45) is 0 Å². The predicted molar refractivity (Wildman–Crippen MR) is 73.5 cm³/mol. The molecule has 5 heteroatoms. The van der Waals surface area contributed by atoms with Crippen LogP contribution in [-0.2, 0) is 0 Å². The molecular weight excluding hydrogens is 228 g/mol. The van der Waals surface area contributed by atoms with Gasteiger partial charge in [0.1, 0.15) is 0 Å². The van der Waals surface area contributed by atoms with Gasteiger partial charge in [0.25, 0.3) is 5.91 Å². The number of nitrogens with two attached hydrogens (primary N) is 1. The third-order valence-corrected chi connectivity index (χ3v) is 2.86. The Morgan fingerprint density at radius 1 is 1.61 bits per heavy atom. The van der Waals surface area contributed by atoms with E-state index in [0.29, 0.717) is 17.9 Å². The first-order chi connectivity index (χ1) is 8.49. The van der Waals surface area contributed by atoms with Crippen molar-refractivity contribution in [3.8, 4) is 0 Å². The number of rotatable bonds is 6. The monoisotopic (exact) mass is 250 g/mol. The molecule has 1 aromatic heterocycles. The molecule has 1 aromatic rings. The Morgan fingerprint density at radius 3 is 2.78 bits per heavy atom. The summed E-state index contributed by atoms with van der Waals surface area (Å²) in [5.41, 5.74) is 7.54. The molecule has 100 valence electrons. The number of hydrogen-bond acceptors (Lipinski definition) is 3. The molecule has 0 saturated heterocycles. The van der Waals surface area contributed by atoms with Crippen molar-refractivity contribution in [1.82, 2.24) is 15.1 Å². The highest BCUT2D eigenvalue weighted by molar-refractivity contribution is 5.97. The van der Waals surface area contributed by atoms with Crippen molar-refractivity contribution in [3.63, 3.8) is 0 Å². The molecule has 0 unspecified atom stereocenters. The Balaban J connectivity index is 2.74. The van der Waals surface area contributed by atoms with Crippen LogP contribution in [0.4, 0.5) is 5.69 Å². The molecule has 0 bridgehead atoms. The Hall–Kier alpha value is -1.78. The zero-order chi connectivity index (χ0) is 13.7. The zero-order valence-electron chi connectivity index (χ0n) is 11.4. The van der Waals surface area contributed by atoms with Crippen LogP contribution in [0.2, 0.25) is 0 Å². The molecule has 3 N–H and O–H groups in total. The van der Waals surface area contributed by atoms with Crippen LogP contribution in [0.15, 0.2) is 12.7 Å². The van der Waals surface area contributed by atoms with Gasteiger partial charge in [-0.3, -0.25) is 9.89 Å². The number of hydrogen-bond donors (Lipinski definition) is 2. The van der Waals surface area contributed by atoms with E-state index in [1.807, 2.05) is 19.9 Å². The normalized spacial score (nSPS) is 10.7. The number of unbranched alkanes of at least 4 members (excludes halogenated alkanes) is 1. The van der Waals surface area contributed by atoms with Crippen LogP contribution in [0.1, 0.15) is 48.8 Å². The number of nitrogens with zero attached hydrogens (tertiary/aromatic N) is 2. The average molecular weight is 250 g/mol. The van der Waals surface area contributed by atoms with Crippen LogP contribution >= 0.6 is 0 Å². The number of anilines is 1. The fourth-order valence-electron chi connectivity index (χ4n) is 1.72. The van der Waals surface area contributed by atoms with Gasteiger partial charge in [0.2, 0.25) is 0 Å². The van der Waals surface area contributed by atoms with Crippen molar-refractivity contribution in [2.45, 2.75) is 32.6 Å². The summed E-state index contributed by atoms with van der Waals surface area (Å²) in [4.78, 5) is 13.8. The maximum Gasteiger partial charge on any atom is 0.276 e. The number of aromatic amines is 1. The van der Waals surface area contributed by atoms with Gasteiger partial charge in [-0.2, -0.15) is 5.10 Å². The molecule has 0 spiro atoms. The molecule has 1 heterocycles. The minimum absolute atomic E-state index is 0.139. The van der Waals surface area contributed by atoms with E-state index in [-0.39, 0.29) is 11.8 Å². The number of H-pyrrole nitrogens is 1. The fourth-order valence-corrected chi connectivity index (χ4v) is 1.72. The third kappa shape index (κ3) is 3.12. The molecule has 0 atom stereocenters. The molecule has 0 aliphatic heterocycles. The summed E-state index contributed by atoms with van der Waals surface area (Å²) in [5, 5.41) is 6.86. The summed E-state index contributed by atoms with van der Waals surface area (Å²) in [7, 11) is 1.76. The van der Waals surface area contributed by atoms with Crippen LogP contribution in [0.25, 0.3) is 0 Å². The third-order valence-electron chi connectivity index (χ3n) is 2.86. The maximum atomic E-state index is 12.1. The average Bonchev–Trinajstić information content (AvgIpc) is 2.70. The van der Waals surface area contributed by atoms with Crippen LogP contribution in [0.3, 0.4) is 0 Å². The lowest BCUT2D eigenvalue weighted by atomic mass is 10.1. The van der Waals surface area contributed by atoms with E-state index in [9.17, 15) is 4.79 Å². The SMILES string of the molecule is C=CCCCN(C)C(=O)c1n[nH]c(C(C)C)c1N. The highest BCUT2D eigenvalue weighted by atomic mass is 16.2. The number of carbonyl (C=O) groups is 1. The predicted octanol–water partition coefficient (Wildman–Crippen LogP) is 2.15. The minimum atomic E-state index is -0.139. The molecule has 0 aromatic carbocycles. The van der Waals surface area contributed by atoms with Crippen LogP contribution in [0.5, 0.6) is 0 Å². The molecule has 0 saturated carbocycles. The van der Waals surface area contributed by atoms with Gasteiger partial charge >= 0.3 is 0 Å². The van der Waals surface area contributed by atoms with Gasteiger partial charge in [0, 0.05) is 13.6 Å². The molecule has 0 aliphatic rings. The van der Waals surface area contributed by atoms with Gasteiger partial charge in [0.15, 0.2) is 5.69 Å². The molecule has 1 amide bonds. The highest BCUT2D eigenvalue weighted by Gasteiger charge is 2.21. The first kappa shape index (κ1) is 14.3. The Morgan fingerprint density at radius 2 is 2.28 bits per heavy atom. The maximum absolute atomic E-state index is 12.1. The van der Waals surface area contributed by atoms with Gasteiger partial charge in [-0.05, 0) is 18.8 Å². The van der Waals surface area contributed by atoms with E-state index < -0.39 is 0 Å². The molecule has 0 aliphatic carbocycles. The summed E-state index contributed by atoms with van der Waals surface area (Å²) in [6.45, 7) is 8.34. The van der Waals surface area contributed by atoms with Crippen LogP contribution in [-0.4, -0.2) is 34.6 Å². The number of allylic oxidation sites excluding steroid dienone is 1. The van der Waals surface area contributed by atoms with Crippen LogP contribution in [0, 0.1) is 0 Å². The van der Waals surface area contributed by atoms with Crippen molar-refractivity contribution in [3.05, 3.63) is 24.0 Å². The van der Waals surface area contributed by atoms with Crippen molar-refractivity contribution >= 4 is 11.6 Å². The molecule has 1 rings (SSSR count). The van der Waals surface area contributed by atoms with Gasteiger partial charge in [-0.25, -0.2) is 0 Å². The Labute approximate surface area is 108 Å². The van der Waals surface area contributed by atoms with Crippen LogP contribution < -0.4 is 5.73 Å². The summed E-state index contributed by atoms with van der Waals surface area (Å²) in [6, 6.07) is 0. The number of nitrogens with one attached hydrogen (secondary N) is 1. The van der Waals surface area contributed by atoms with Gasteiger partial charge in [-0.15, -0.1) is 6.58 Å². The zero-order valence-corrected chi connectivity index (χ0v) is 11.4. The summed E-state index contributed by atoms with van der Waals surface area (Å²) in [5.74, 6) is 0.0878. The van der Waals surface area contributed by atoms with E-state index in [4.69, 9.17) is 5.73 Å². The fraction of sp³-hybridized carbons (Fsp3) is 0.538. The van der Waals surface area contributed by atoms with E-state index in [1.165, 1.54) is 0 Å².